The van der Waals surface area contributed by atoms with Gasteiger partial charge in [-0.05, 0) is 30.7 Å². The smallest absolute Gasteiger partial charge is 0.358 e. The average molecular weight is 438 g/mol. The van der Waals surface area contributed by atoms with Gasteiger partial charge in [0.2, 0.25) is 5.88 Å². The first kappa shape index (κ1) is 20.4. The van der Waals surface area contributed by atoms with Gasteiger partial charge in [-0.15, -0.1) is 0 Å². The third-order valence-corrected chi connectivity index (χ3v) is 4.66. The van der Waals surface area contributed by atoms with Crippen LogP contribution in [0.2, 0.25) is 15.2 Å². The first-order valence-corrected chi connectivity index (χ1v) is 9.43. The number of nitrogens with zero attached hydrogens (tertiary/aromatic N) is 2. The number of aromatic nitrogens is 2. The van der Waals surface area contributed by atoms with E-state index in [1.165, 1.54) is 12.1 Å². The lowest BCUT2D eigenvalue weighted by atomic mass is 10.1. The molecule has 2 aromatic heterocycles. The maximum absolute atomic E-state index is 12.2. The second-order valence-corrected chi connectivity index (χ2v) is 6.99. The molecule has 0 N–H and O–H groups in total. The summed E-state index contributed by atoms with van der Waals surface area (Å²) in [5, 5.41) is 0.623. The number of carbonyl (C=O) groups is 1. The van der Waals surface area contributed by atoms with Crippen molar-refractivity contribution in [3.05, 3.63) is 86.7 Å². The van der Waals surface area contributed by atoms with Crippen LogP contribution in [-0.2, 0) is 11.3 Å². The number of esters is 1. The summed E-state index contributed by atoms with van der Waals surface area (Å²) < 4.78 is 11.1. The first-order chi connectivity index (χ1) is 13.4. The zero-order valence-corrected chi connectivity index (χ0v) is 17.0. The Morgan fingerprint density at radius 3 is 2.43 bits per heavy atom. The summed E-state index contributed by atoms with van der Waals surface area (Å²) in [4.78, 5) is 20.4. The summed E-state index contributed by atoms with van der Waals surface area (Å²) in [5.41, 5.74) is 1.29. The van der Waals surface area contributed by atoms with Gasteiger partial charge in [-0.1, -0.05) is 65.1 Å². The maximum atomic E-state index is 12.2. The molecule has 0 radical (unpaired) electrons. The minimum absolute atomic E-state index is 0.0737. The lowest BCUT2D eigenvalue weighted by Gasteiger charge is -2.15. The Labute approximate surface area is 177 Å². The molecule has 0 aliphatic rings. The fourth-order valence-corrected chi connectivity index (χ4v) is 2.86. The van der Waals surface area contributed by atoms with E-state index in [0.717, 1.165) is 5.56 Å². The van der Waals surface area contributed by atoms with E-state index < -0.39 is 5.97 Å². The van der Waals surface area contributed by atoms with Gasteiger partial charge in [0.25, 0.3) is 0 Å². The van der Waals surface area contributed by atoms with Crippen molar-refractivity contribution in [3.8, 4) is 5.88 Å². The van der Waals surface area contributed by atoms with Crippen LogP contribution in [0, 0.1) is 0 Å². The zero-order valence-electron chi connectivity index (χ0n) is 14.7. The number of pyridine rings is 2. The Bertz CT molecular complexity index is 984. The van der Waals surface area contributed by atoms with Crippen molar-refractivity contribution < 1.29 is 14.3 Å². The molecule has 0 saturated carbocycles. The van der Waals surface area contributed by atoms with Crippen LogP contribution in [0.3, 0.4) is 0 Å². The zero-order chi connectivity index (χ0) is 20.1. The van der Waals surface area contributed by atoms with Crippen LogP contribution >= 0.6 is 34.8 Å². The number of benzene rings is 1. The van der Waals surface area contributed by atoms with E-state index in [1.54, 1.807) is 12.1 Å². The molecule has 0 fully saturated rings. The molecule has 3 aromatic rings. The molecule has 0 saturated heterocycles. The van der Waals surface area contributed by atoms with E-state index in [0.29, 0.717) is 16.6 Å². The first-order valence-electron chi connectivity index (χ1n) is 8.30. The molecule has 2 heterocycles. The fraction of sp³-hybridized carbons (Fsp3) is 0.150. The van der Waals surface area contributed by atoms with Crippen molar-refractivity contribution in [1.29, 1.82) is 0 Å². The highest BCUT2D eigenvalue weighted by molar-refractivity contribution is 6.34. The standard InChI is InChI=1S/C20H15Cl3N2O3/c1-12(13-5-3-2-4-6-13)28-18-10-8-14(21)16(24-18)11-27-20(26)19-15(22)7-9-17(23)25-19/h2-10,12H,11H2,1H3/t12-/m0/s1. The van der Waals surface area contributed by atoms with Gasteiger partial charge in [-0.3, -0.25) is 0 Å². The van der Waals surface area contributed by atoms with Gasteiger partial charge in [0.05, 0.1) is 10.0 Å². The molecule has 1 atom stereocenters. The maximum Gasteiger partial charge on any atom is 0.358 e. The number of ether oxygens (including phenoxy) is 2. The molecule has 3 rings (SSSR count). The molecular formula is C20H15Cl3N2O3. The van der Waals surface area contributed by atoms with Gasteiger partial charge in [-0.2, -0.15) is 0 Å². The van der Waals surface area contributed by atoms with Gasteiger partial charge in [0.15, 0.2) is 5.69 Å². The van der Waals surface area contributed by atoms with Crippen LogP contribution in [0.1, 0.15) is 34.8 Å². The van der Waals surface area contributed by atoms with Crippen LogP contribution < -0.4 is 4.74 Å². The molecule has 0 spiro atoms. The number of halogens is 3. The van der Waals surface area contributed by atoms with Crippen LogP contribution in [0.25, 0.3) is 0 Å². The second-order valence-electron chi connectivity index (χ2n) is 5.79. The van der Waals surface area contributed by atoms with Gasteiger partial charge >= 0.3 is 5.97 Å². The van der Waals surface area contributed by atoms with E-state index in [1.807, 2.05) is 37.3 Å². The van der Waals surface area contributed by atoms with Crippen LogP contribution in [-0.4, -0.2) is 15.9 Å². The Kier molecular flexibility index (Phi) is 6.73. The molecule has 8 heteroatoms. The summed E-state index contributed by atoms with van der Waals surface area (Å²) in [5.74, 6) is -0.361. The van der Waals surface area contributed by atoms with E-state index in [9.17, 15) is 4.79 Å². The van der Waals surface area contributed by atoms with Crippen molar-refractivity contribution in [3.63, 3.8) is 0 Å². The molecule has 0 aliphatic carbocycles. The Morgan fingerprint density at radius 2 is 1.68 bits per heavy atom. The Balaban J connectivity index is 1.69. The molecule has 0 aliphatic heterocycles. The highest BCUT2D eigenvalue weighted by atomic mass is 35.5. The van der Waals surface area contributed by atoms with Crippen molar-refractivity contribution in [2.24, 2.45) is 0 Å². The van der Waals surface area contributed by atoms with Gasteiger partial charge in [-0.25, -0.2) is 14.8 Å². The molecule has 28 heavy (non-hydrogen) atoms. The van der Waals surface area contributed by atoms with Gasteiger partial charge < -0.3 is 9.47 Å². The Hall–Kier alpha value is -2.34. The lowest BCUT2D eigenvalue weighted by Crippen LogP contribution is -2.10. The highest BCUT2D eigenvalue weighted by Crippen LogP contribution is 2.24. The van der Waals surface area contributed by atoms with Crippen molar-refractivity contribution in [2.75, 3.05) is 0 Å². The van der Waals surface area contributed by atoms with Crippen molar-refractivity contribution in [1.82, 2.24) is 9.97 Å². The molecule has 0 unspecified atom stereocenters. The van der Waals surface area contributed by atoms with Gasteiger partial charge in [0.1, 0.15) is 23.6 Å². The summed E-state index contributed by atoms with van der Waals surface area (Å²) >= 11 is 17.9. The normalized spacial score (nSPS) is 11.7. The predicted octanol–water partition coefficient (Wildman–Crippen LogP) is 5.93. The van der Waals surface area contributed by atoms with E-state index in [2.05, 4.69) is 9.97 Å². The third-order valence-electron chi connectivity index (χ3n) is 3.80. The number of carbonyl (C=O) groups excluding carboxylic acids is 1. The topological polar surface area (TPSA) is 61.3 Å². The largest absolute Gasteiger partial charge is 0.470 e. The second kappa shape index (κ2) is 9.24. The van der Waals surface area contributed by atoms with E-state index >= 15 is 0 Å². The Morgan fingerprint density at radius 1 is 0.964 bits per heavy atom. The number of rotatable bonds is 6. The summed E-state index contributed by atoms with van der Waals surface area (Å²) in [6.07, 6.45) is -0.209. The molecule has 5 nitrogen and oxygen atoms in total. The highest BCUT2D eigenvalue weighted by Gasteiger charge is 2.17. The van der Waals surface area contributed by atoms with Crippen LogP contribution in [0.4, 0.5) is 0 Å². The van der Waals surface area contributed by atoms with E-state index in [-0.39, 0.29) is 28.6 Å². The van der Waals surface area contributed by atoms with Crippen molar-refractivity contribution >= 4 is 40.8 Å². The van der Waals surface area contributed by atoms with Gasteiger partial charge in [0, 0.05) is 6.07 Å². The number of hydrogen-bond acceptors (Lipinski definition) is 5. The summed E-state index contributed by atoms with van der Waals surface area (Å²) in [6, 6.07) is 16.0. The SMILES string of the molecule is C[C@H](Oc1ccc(Cl)c(COC(=O)c2nc(Cl)ccc2Cl)n1)c1ccccc1. The monoisotopic (exact) mass is 436 g/mol. The van der Waals surface area contributed by atoms with E-state index in [4.69, 9.17) is 44.3 Å². The molecule has 144 valence electrons. The summed E-state index contributed by atoms with van der Waals surface area (Å²) in [6.45, 7) is 1.75. The molecule has 0 amide bonds. The third kappa shape index (κ3) is 5.13. The molecular weight excluding hydrogens is 423 g/mol. The minimum atomic E-state index is -0.727. The predicted molar refractivity (Wildman–Crippen MR) is 108 cm³/mol. The lowest BCUT2D eigenvalue weighted by molar-refractivity contribution is 0.0459. The minimum Gasteiger partial charge on any atom is -0.470 e. The average Bonchev–Trinajstić information content (AvgIpc) is 2.70. The van der Waals surface area contributed by atoms with Crippen LogP contribution in [0.5, 0.6) is 5.88 Å². The quantitative estimate of drug-likeness (QED) is 0.353. The van der Waals surface area contributed by atoms with Crippen molar-refractivity contribution in [2.45, 2.75) is 19.6 Å². The summed E-state index contributed by atoms with van der Waals surface area (Å²) in [7, 11) is 0. The molecule has 0 bridgehead atoms. The fourth-order valence-electron chi connectivity index (χ4n) is 2.37. The number of hydrogen-bond donors (Lipinski definition) is 0. The van der Waals surface area contributed by atoms with Crippen LogP contribution in [0.15, 0.2) is 54.6 Å². The molecule has 1 aromatic carbocycles.